The molecule has 26 heavy (non-hydrogen) atoms. The van der Waals surface area contributed by atoms with E-state index < -0.39 is 0 Å². The lowest BCUT2D eigenvalue weighted by atomic mass is 10.2. The number of aryl methyl sites for hydroxylation is 1. The van der Waals surface area contributed by atoms with Crippen molar-refractivity contribution < 1.29 is 9.47 Å². The molecule has 0 radical (unpaired) electrons. The third-order valence-electron chi connectivity index (χ3n) is 4.38. The van der Waals surface area contributed by atoms with Crippen LogP contribution in [0, 0.1) is 6.92 Å². The van der Waals surface area contributed by atoms with E-state index in [1.165, 1.54) is 0 Å². The summed E-state index contributed by atoms with van der Waals surface area (Å²) < 4.78 is 13.4. The molecule has 1 aliphatic heterocycles. The summed E-state index contributed by atoms with van der Waals surface area (Å²) in [5.74, 6) is 0. The number of rotatable bonds is 6. The first kappa shape index (κ1) is 19.6. The van der Waals surface area contributed by atoms with Crippen LogP contribution in [0.4, 0.5) is 0 Å². The smallest absolute Gasteiger partial charge is 0.0907 e. The van der Waals surface area contributed by atoms with Gasteiger partial charge in [-0.15, -0.1) is 0 Å². The van der Waals surface area contributed by atoms with E-state index in [1.807, 2.05) is 29.8 Å². The summed E-state index contributed by atoms with van der Waals surface area (Å²) in [4.78, 5) is 2.39. The fourth-order valence-corrected chi connectivity index (χ4v) is 3.62. The molecule has 0 bridgehead atoms. The van der Waals surface area contributed by atoms with Gasteiger partial charge in [-0.2, -0.15) is 5.10 Å². The molecule has 2 unspecified atom stereocenters. The third-order valence-corrected chi connectivity index (χ3v) is 5.12. The van der Waals surface area contributed by atoms with Crippen molar-refractivity contribution in [3.63, 3.8) is 0 Å². The Morgan fingerprint density at radius 2 is 1.88 bits per heavy atom. The lowest BCUT2D eigenvalue weighted by Gasteiger charge is -2.35. The first-order chi connectivity index (χ1) is 12.4. The molecule has 142 valence electrons. The zero-order valence-corrected chi connectivity index (χ0v) is 16.9. The second-order valence-corrected chi connectivity index (χ2v) is 7.67. The number of aromatic nitrogens is 2. The Balaban J connectivity index is 1.52. The van der Waals surface area contributed by atoms with Gasteiger partial charge in [0.2, 0.25) is 0 Å². The average molecular weight is 398 g/mol. The van der Waals surface area contributed by atoms with E-state index in [0.29, 0.717) is 23.3 Å². The summed E-state index contributed by atoms with van der Waals surface area (Å²) in [7, 11) is 0. The Labute approximate surface area is 164 Å². The molecule has 2 atom stereocenters. The second-order valence-electron chi connectivity index (χ2n) is 6.86. The highest BCUT2D eigenvalue weighted by atomic mass is 35.5. The van der Waals surface area contributed by atoms with Crippen molar-refractivity contribution in [2.45, 2.75) is 39.6 Å². The van der Waals surface area contributed by atoms with Crippen LogP contribution in [0.25, 0.3) is 5.69 Å². The van der Waals surface area contributed by atoms with Gasteiger partial charge in [0.05, 0.1) is 46.8 Å². The van der Waals surface area contributed by atoms with Crippen LogP contribution in [0.15, 0.2) is 24.3 Å². The molecule has 0 aliphatic carbocycles. The van der Waals surface area contributed by atoms with Gasteiger partial charge in [0, 0.05) is 25.3 Å². The van der Waals surface area contributed by atoms with Gasteiger partial charge in [0.25, 0.3) is 0 Å². The quantitative estimate of drug-likeness (QED) is 0.687. The topological polar surface area (TPSA) is 39.5 Å². The van der Waals surface area contributed by atoms with Crippen LogP contribution in [0.5, 0.6) is 0 Å². The summed E-state index contributed by atoms with van der Waals surface area (Å²) in [6.07, 6.45) is 0.562. The summed E-state index contributed by atoms with van der Waals surface area (Å²) >= 11 is 12.1. The van der Waals surface area contributed by atoms with Crippen LogP contribution in [0.3, 0.4) is 0 Å². The molecule has 0 N–H and O–H groups in total. The molecule has 1 fully saturated rings. The zero-order chi connectivity index (χ0) is 18.7. The van der Waals surface area contributed by atoms with Crippen molar-refractivity contribution in [2.24, 2.45) is 0 Å². The third kappa shape index (κ3) is 4.99. The minimum absolute atomic E-state index is 0.281. The maximum atomic E-state index is 6.11. The first-order valence-corrected chi connectivity index (χ1v) is 9.64. The molecular weight excluding hydrogens is 373 g/mol. The van der Waals surface area contributed by atoms with Gasteiger partial charge in [0.1, 0.15) is 0 Å². The Hall–Kier alpha value is -1.11. The lowest BCUT2D eigenvalue weighted by Crippen LogP contribution is -2.46. The molecule has 0 amide bonds. The van der Waals surface area contributed by atoms with Crippen molar-refractivity contribution in [1.82, 2.24) is 14.7 Å². The van der Waals surface area contributed by atoms with Crippen LogP contribution in [0.2, 0.25) is 10.0 Å². The molecule has 1 aromatic heterocycles. The molecule has 5 nitrogen and oxygen atoms in total. The van der Waals surface area contributed by atoms with Crippen molar-refractivity contribution in [1.29, 1.82) is 0 Å². The Bertz CT molecular complexity index is 740. The van der Waals surface area contributed by atoms with Crippen molar-refractivity contribution in [3.05, 3.63) is 45.7 Å². The molecule has 0 spiro atoms. The van der Waals surface area contributed by atoms with Crippen LogP contribution in [-0.4, -0.2) is 53.1 Å². The molecule has 0 saturated carbocycles. The van der Waals surface area contributed by atoms with Gasteiger partial charge < -0.3 is 9.47 Å². The van der Waals surface area contributed by atoms with Crippen LogP contribution >= 0.6 is 23.2 Å². The standard InChI is InChI=1S/C19H25Cl2N3O2/c1-13-8-16(22-24(13)17-4-5-18(20)19(21)9-17)12-25-7-6-23-10-14(2)26-15(3)11-23/h4-5,8-9,14-15H,6-7,10-12H2,1-3H3. The first-order valence-electron chi connectivity index (χ1n) is 8.89. The highest BCUT2D eigenvalue weighted by Gasteiger charge is 2.21. The number of hydrogen-bond acceptors (Lipinski definition) is 4. The van der Waals surface area contributed by atoms with E-state index in [-0.39, 0.29) is 12.2 Å². The Kier molecular flexibility index (Phi) is 6.59. The molecule has 1 aromatic carbocycles. The monoisotopic (exact) mass is 397 g/mol. The van der Waals surface area contributed by atoms with E-state index in [2.05, 4.69) is 23.8 Å². The Morgan fingerprint density at radius 1 is 1.15 bits per heavy atom. The fourth-order valence-electron chi connectivity index (χ4n) is 3.32. The van der Waals surface area contributed by atoms with Gasteiger partial charge in [-0.25, -0.2) is 4.68 Å². The molecule has 1 saturated heterocycles. The van der Waals surface area contributed by atoms with Gasteiger partial charge in [0.15, 0.2) is 0 Å². The molecule has 2 heterocycles. The number of nitrogens with zero attached hydrogens (tertiary/aromatic N) is 3. The predicted molar refractivity (Wildman–Crippen MR) is 104 cm³/mol. The minimum atomic E-state index is 0.281. The minimum Gasteiger partial charge on any atom is -0.374 e. The van der Waals surface area contributed by atoms with Crippen molar-refractivity contribution in [3.8, 4) is 5.69 Å². The van der Waals surface area contributed by atoms with Crippen LogP contribution < -0.4 is 0 Å². The predicted octanol–water partition coefficient (Wildman–Crippen LogP) is 4.11. The summed E-state index contributed by atoms with van der Waals surface area (Å²) in [6.45, 7) is 10.2. The number of morpholine rings is 1. The normalized spacial score (nSPS) is 21.3. The van der Waals surface area contributed by atoms with E-state index in [1.54, 1.807) is 6.07 Å². The largest absolute Gasteiger partial charge is 0.374 e. The van der Waals surface area contributed by atoms with E-state index in [4.69, 9.17) is 32.7 Å². The maximum Gasteiger partial charge on any atom is 0.0907 e. The van der Waals surface area contributed by atoms with Crippen molar-refractivity contribution >= 4 is 23.2 Å². The number of benzene rings is 1. The van der Waals surface area contributed by atoms with E-state index >= 15 is 0 Å². The summed E-state index contributed by atoms with van der Waals surface area (Å²) in [6, 6.07) is 7.52. The lowest BCUT2D eigenvalue weighted by molar-refractivity contribution is -0.0736. The van der Waals surface area contributed by atoms with Crippen LogP contribution in [0.1, 0.15) is 25.2 Å². The number of hydrogen-bond donors (Lipinski definition) is 0. The molecule has 7 heteroatoms. The van der Waals surface area contributed by atoms with Crippen LogP contribution in [-0.2, 0) is 16.1 Å². The van der Waals surface area contributed by atoms with Gasteiger partial charge >= 0.3 is 0 Å². The van der Waals surface area contributed by atoms with Gasteiger partial charge in [-0.1, -0.05) is 23.2 Å². The average Bonchev–Trinajstić information content (AvgIpc) is 2.94. The summed E-state index contributed by atoms with van der Waals surface area (Å²) in [5, 5.41) is 5.67. The fraction of sp³-hybridized carbons (Fsp3) is 0.526. The number of halogens is 2. The summed E-state index contributed by atoms with van der Waals surface area (Å²) in [5.41, 5.74) is 2.81. The SMILES string of the molecule is Cc1cc(COCCN2CC(C)OC(C)C2)nn1-c1ccc(Cl)c(Cl)c1. The maximum absolute atomic E-state index is 6.11. The second kappa shape index (κ2) is 8.72. The Morgan fingerprint density at radius 3 is 2.58 bits per heavy atom. The van der Waals surface area contributed by atoms with E-state index in [9.17, 15) is 0 Å². The van der Waals surface area contributed by atoms with Gasteiger partial charge in [-0.05, 0) is 45.0 Å². The zero-order valence-electron chi connectivity index (χ0n) is 15.4. The number of ether oxygens (including phenoxy) is 2. The molecule has 2 aromatic rings. The molecule has 3 rings (SSSR count). The van der Waals surface area contributed by atoms with E-state index in [0.717, 1.165) is 36.7 Å². The van der Waals surface area contributed by atoms with Gasteiger partial charge in [-0.3, -0.25) is 4.90 Å². The highest BCUT2D eigenvalue weighted by Crippen LogP contribution is 2.25. The molecular formula is C19H25Cl2N3O2. The highest BCUT2D eigenvalue weighted by molar-refractivity contribution is 6.42. The van der Waals surface area contributed by atoms with Crippen molar-refractivity contribution in [2.75, 3.05) is 26.2 Å². The molecule has 1 aliphatic rings.